The Kier molecular flexibility index (Phi) is 6.15. The molecule has 1 atom stereocenters. The van der Waals surface area contributed by atoms with Gasteiger partial charge in [0.05, 0.1) is 6.04 Å². The van der Waals surface area contributed by atoms with Gasteiger partial charge in [-0.05, 0) is 56.5 Å². The Balaban J connectivity index is 1.60. The first-order chi connectivity index (χ1) is 15.3. The van der Waals surface area contributed by atoms with Gasteiger partial charge in [0.1, 0.15) is 17.0 Å². The van der Waals surface area contributed by atoms with Gasteiger partial charge < -0.3 is 15.4 Å². The molecule has 2 N–H and O–H groups in total. The van der Waals surface area contributed by atoms with E-state index in [2.05, 4.69) is 10.6 Å². The van der Waals surface area contributed by atoms with Gasteiger partial charge in [0.15, 0.2) is 0 Å². The molecule has 0 bridgehead atoms. The summed E-state index contributed by atoms with van der Waals surface area (Å²) in [6, 6.07) is 18.6. The van der Waals surface area contributed by atoms with Crippen LogP contribution in [-0.4, -0.2) is 17.4 Å². The quantitative estimate of drug-likeness (QED) is 0.526. The predicted molar refractivity (Wildman–Crippen MR) is 128 cm³/mol. The molecule has 3 aromatic rings. The smallest absolute Gasteiger partial charge is 0.268 e. The highest BCUT2D eigenvalue weighted by Gasteiger charge is 2.34. The number of thiophene rings is 1. The average molecular weight is 447 g/mol. The predicted octanol–water partition coefficient (Wildman–Crippen LogP) is 5.25. The van der Waals surface area contributed by atoms with Crippen LogP contribution in [0.3, 0.4) is 0 Å². The molecule has 5 nitrogen and oxygen atoms in total. The lowest BCUT2D eigenvalue weighted by atomic mass is 9.89. The molecule has 0 saturated heterocycles. The fourth-order valence-corrected chi connectivity index (χ4v) is 4.40. The van der Waals surface area contributed by atoms with Crippen LogP contribution in [0.2, 0.25) is 0 Å². The van der Waals surface area contributed by atoms with Gasteiger partial charge in [-0.15, -0.1) is 11.3 Å². The Bertz CT molecular complexity index is 1150. The maximum Gasteiger partial charge on any atom is 0.268 e. The summed E-state index contributed by atoms with van der Waals surface area (Å²) in [6.07, 6.45) is 2.33. The minimum absolute atomic E-state index is 0.208. The molecular formula is C26H26N2O3S. The number of carbonyl (C=O) groups excluding carboxylic acids is 2. The molecule has 1 aromatic heterocycles. The van der Waals surface area contributed by atoms with Crippen molar-refractivity contribution in [2.75, 3.05) is 0 Å². The van der Waals surface area contributed by atoms with Gasteiger partial charge in [-0.3, -0.25) is 9.59 Å². The summed E-state index contributed by atoms with van der Waals surface area (Å²) in [6.45, 7) is 5.97. The number of fused-ring (bicyclic) bond motifs is 1. The SMILES string of the molecule is Cc1ccc(C(=O)N/C(=C\c2cccs2)C(=O)N[C@@H]2CC(C)(C)Oc3ccccc32)cc1. The first-order valence-corrected chi connectivity index (χ1v) is 11.4. The third-order valence-corrected chi connectivity index (χ3v) is 6.14. The summed E-state index contributed by atoms with van der Waals surface area (Å²) in [7, 11) is 0. The van der Waals surface area contributed by atoms with Crippen LogP contribution in [0.15, 0.2) is 71.7 Å². The molecule has 2 aromatic carbocycles. The van der Waals surface area contributed by atoms with Gasteiger partial charge in [0.25, 0.3) is 11.8 Å². The Labute approximate surface area is 192 Å². The summed E-state index contributed by atoms with van der Waals surface area (Å²) >= 11 is 1.50. The Morgan fingerprint density at radius 1 is 1.06 bits per heavy atom. The Morgan fingerprint density at radius 2 is 1.81 bits per heavy atom. The maximum atomic E-state index is 13.3. The van der Waals surface area contributed by atoms with Crippen LogP contribution in [0, 0.1) is 6.92 Å². The monoisotopic (exact) mass is 446 g/mol. The minimum atomic E-state index is -0.422. The summed E-state index contributed by atoms with van der Waals surface area (Å²) in [4.78, 5) is 27.1. The summed E-state index contributed by atoms with van der Waals surface area (Å²) in [5.41, 5.74) is 2.28. The van der Waals surface area contributed by atoms with Crippen LogP contribution in [0.1, 0.15) is 52.7 Å². The molecule has 0 radical (unpaired) electrons. The van der Waals surface area contributed by atoms with Gasteiger partial charge in [-0.1, -0.05) is 42.0 Å². The molecule has 1 aliphatic rings. The van der Waals surface area contributed by atoms with E-state index >= 15 is 0 Å². The number of amides is 2. The largest absolute Gasteiger partial charge is 0.487 e. The second-order valence-electron chi connectivity index (χ2n) is 8.52. The standard InChI is InChI=1S/C26H26N2O3S/c1-17-10-12-18(13-11-17)24(29)27-21(15-19-7-6-14-32-19)25(30)28-22-16-26(2,3)31-23-9-5-4-8-20(22)23/h4-15,22H,16H2,1-3H3,(H,27,29)(H,28,30)/b21-15-/t22-/m1/s1. The van der Waals surface area contributed by atoms with Crippen molar-refractivity contribution in [1.29, 1.82) is 0 Å². The number of rotatable bonds is 5. The van der Waals surface area contributed by atoms with Crippen molar-refractivity contribution < 1.29 is 14.3 Å². The van der Waals surface area contributed by atoms with Crippen LogP contribution in [0.4, 0.5) is 0 Å². The zero-order valence-electron chi connectivity index (χ0n) is 18.3. The average Bonchev–Trinajstić information content (AvgIpc) is 3.26. The minimum Gasteiger partial charge on any atom is -0.487 e. The van der Waals surface area contributed by atoms with Crippen LogP contribution >= 0.6 is 11.3 Å². The zero-order valence-corrected chi connectivity index (χ0v) is 19.2. The van der Waals surface area contributed by atoms with E-state index in [1.54, 1.807) is 18.2 Å². The molecule has 6 heteroatoms. The molecule has 0 fully saturated rings. The van der Waals surface area contributed by atoms with Gasteiger partial charge in [0, 0.05) is 22.4 Å². The van der Waals surface area contributed by atoms with E-state index in [9.17, 15) is 9.59 Å². The molecule has 0 aliphatic carbocycles. The molecule has 2 amide bonds. The molecule has 2 heterocycles. The number of carbonyl (C=O) groups is 2. The lowest BCUT2D eigenvalue weighted by Gasteiger charge is -2.38. The molecule has 164 valence electrons. The van der Waals surface area contributed by atoms with Crippen molar-refractivity contribution in [3.8, 4) is 5.75 Å². The number of ether oxygens (including phenoxy) is 1. The number of benzene rings is 2. The van der Waals surface area contributed by atoms with Gasteiger partial charge >= 0.3 is 0 Å². The first-order valence-electron chi connectivity index (χ1n) is 10.5. The summed E-state index contributed by atoms with van der Waals surface area (Å²) in [5.74, 6) is 0.105. The third-order valence-electron chi connectivity index (χ3n) is 5.32. The fraction of sp³-hybridized carbons (Fsp3) is 0.231. The van der Waals surface area contributed by atoms with Crippen molar-refractivity contribution in [1.82, 2.24) is 10.6 Å². The normalized spacial score (nSPS) is 17.1. The zero-order chi connectivity index (χ0) is 22.7. The van der Waals surface area contributed by atoms with Crippen molar-refractivity contribution in [3.63, 3.8) is 0 Å². The van der Waals surface area contributed by atoms with E-state index in [1.165, 1.54) is 11.3 Å². The number of hydrogen-bond donors (Lipinski definition) is 2. The van der Waals surface area contributed by atoms with Crippen molar-refractivity contribution in [2.24, 2.45) is 0 Å². The fourth-order valence-electron chi connectivity index (χ4n) is 3.74. The van der Waals surface area contributed by atoms with Gasteiger partial charge in [0.2, 0.25) is 0 Å². The van der Waals surface area contributed by atoms with Crippen LogP contribution in [0.5, 0.6) is 5.75 Å². The molecule has 0 unspecified atom stereocenters. The van der Waals surface area contributed by atoms with Gasteiger partial charge in [-0.2, -0.15) is 0 Å². The molecule has 4 rings (SSSR count). The van der Waals surface area contributed by atoms with Crippen molar-refractivity contribution in [2.45, 2.75) is 38.8 Å². The van der Waals surface area contributed by atoms with Crippen LogP contribution in [0.25, 0.3) is 6.08 Å². The van der Waals surface area contributed by atoms with E-state index in [-0.39, 0.29) is 23.6 Å². The lowest BCUT2D eigenvalue weighted by molar-refractivity contribution is -0.119. The second-order valence-corrected chi connectivity index (χ2v) is 9.50. The third kappa shape index (κ3) is 5.08. The van der Waals surface area contributed by atoms with Crippen molar-refractivity contribution in [3.05, 3.63) is 93.3 Å². The second kappa shape index (κ2) is 9.01. The highest BCUT2D eigenvalue weighted by molar-refractivity contribution is 7.10. The molecule has 1 aliphatic heterocycles. The van der Waals surface area contributed by atoms with Crippen LogP contribution < -0.4 is 15.4 Å². The number of aryl methyl sites for hydroxylation is 1. The molecule has 0 spiro atoms. The van der Waals surface area contributed by atoms with Crippen LogP contribution in [-0.2, 0) is 4.79 Å². The Morgan fingerprint density at radius 3 is 2.53 bits per heavy atom. The van der Waals surface area contributed by atoms with E-state index in [0.29, 0.717) is 12.0 Å². The van der Waals surface area contributed by atoms with E-state index in [0.717, 1.165) is 21.8 Å². The summed E-state index contributed by atoms with van der Waals surface area (Å²) in [5, 5.41) is 7.85. The molecule has 32 heavy (non-hydrogen) atoms. The van der Waals surface area contributed by atoms with E-state index < -0.39 is 5.60 Å². The topological polar surface area (TPSA) is 67.4 Å². The maximum absolute atomic E-state index is 13.3. The van der Waals surface area contributed by atoms with E-state index in [4.69, 9.17) is 4.74 Å². The summed E-state index contributed by atoms with van der Waals surface area (Å²) < 4.78 is 6.07. The number of nitrogens with one attached hydrogen (secondary N) is 2. The lowest BCUT2D eigenvalue weighted by Crippen LogP contribution is -2.43. The number of hydrogen-bond acceptors (Lipinski definition) is 4. The first kappa shape index (κ1) is 21.8. The number of para-hydroxylation sites is 1. The highest BCUT2D eigenvalue weighted by atomic mass is 32.1. The molecular weight excluding hydrogens is 420 g/mol. The highest BCUT2D eigenvalue weighted by Crippen LogP contribution is 2.39. The van der Waals surface area contributed by atoms with Crippen molar-refractivity contribution >= 4 is 29.2 Å². The Hall–Kier alpha value is -3.38. The van der Waals surface area contributed by atoms with Gasteiger partial charge in [-0.25, -0.2) is 0 Å². The molecule has 0 saturated carbocycles. The van der Waals surface area contributed by atoms with E-state index in [1.807, 2.05) is 74.7 Å².